The van der Waals surface area contributed by atoms with Crippen molar-refractivity contribution < 1.29 is 4.39 Å². The van der Waals surface area contributed by atoms with Crippen LogP contribution in [0.4, 0.5) is 4.39 Å². The van der Waals surface area contributed by atoms with E-state index in [4.69, 9.17) is 11.6 Å². The average Bonchev–Trinajstić information content (AvgIpc) is 2.96. The van der Waals surface area contributed by atoms with E-state index < -0.39 is 0 Å². The van der Waals surface area contributed by atoms with Gasteiger partial charge in [-0.05, 0) is 29.8 Å². The zero-order chi connectivity index (χ0) is 14.7. The summed E-state index contributed by atoms with van der Waals surface area (Å²) in [5.41, 5.74) is 1.84. The van der Waals surface area contributed by atoms with Gasteiger partial charge < -0.3 is 0 Å². The van der Waals surface area contributed by atoms with Crippen molar-refractivity contribution in [2.45, 2.75) is 10.9 Å². The fraction of sp³-hybridized carbons (Fsp3) is 0.0667. The predicted octanol–water partition coefficient (Wildman–Crippen LogP) is 4.56. The number of halogens is 2. The van der Waals surface area contributed by atoms with Gasteiger partial charge in [0.25, 0.3) is 0 Å². The highest BCUT2D eigenvalue weighted by Gasteiger charge is 2.09. The SMILES string of the molecule is Fc1ccc(CSc2n[nH]c(-c3ccccc3Cl)n2)cc1. The maximum atomic E-state index is 12.8. The molecule has 0 spiro atoms. The Bertz CT molecular complexity index is 743. The topological polar surface area (TPSA) is 41.6 Å². The number of nitrogens with one attached hydrogen (secondary N) is 1. The number of H-pyrrole nitrogens is 1. The van der Waals surface area contributed by atoms with Crippen molar-refractivity contribution in [1.82, 2.24) is 15.2 Å². The van der Waals surface area contributed by atoms with E-state index in [9.17, 15) is 4.39 Å². The highest BCUT2D eigenvalue weighted by Crippen LogP contribution is 2.27. The lowest BCUT2D eigenvalue weighted by molar-refractivity contribution is 0.627. The first-order chi connectivity index (χ1) is 10.2. The largest absolute Gasteiger partial charge is 0.258 e. The van der Waals surface area contributed by atoms with Gasteiger partial charge in [-0.3, -0.25) is 5.10 Å². The summed E-state index contributed by atoms with van der Waals surface area (Å²) in [5.74, 6) is 1.09. The summed E-state index contributed by atoms with van der Waals surface area (Å²) in [5, 5.41) is 8.30. The summed E-state index contributed by atoms with van der Waals surface area (Å²) in [6, 6.07) is 13.9. The number of aromatic amines is 1. The first kappa shape index (κ1) is 14.1. The summed E-state index contributed by atoms with van der Waals surface area (Å²) >= 11 is 7.61. The molecule has 1 heterocycles. The number of nitrogens with zero attached hydrogens (tertiary/aromatic N) is 2. The molecule has 0 saturated carbocycles. The lowest BCUT2D eigenvalue weighted by atomic mass is 10.2. The van der Waals surface area contributed by atoms with Crippen LogP contribution in [0.5, 0.6) is 0 Å². The average molecular weight is 320 g/mol. The molecular formula is C15H11ClFN3S. The van der Waals surface area contributed by atoms with Gasteiger partial charge in [0.1, 0.15) is 5.82 Å². The van der Waals surface area contributed by atoms with E-state index in [0.29, 0.717) is 21.8 Å². The first-order valence-electron chi connectivity index (χ1n) is 6.27. The van der Waals surface area contributed by atoms with Crippen LogP contribution in [0.15, 0.2) is 53.7 Å². The molecule has 2 aromatic carbocycles. The Morgan fingerprint density at radius 3 is 2.62 bits per heavy atom. The van der Waals surface area contributed by atoms with Gasteiger partial charge in [0.05, 0.1) is 5.02 Å². The van der Waals surface area contributed by atoms with Crippen LogP contribution >= 0.6 is 23.4 Å². The lowest BCUT2D eigenvalue weighted by Gasteiger charge is -1.98. The summed E-state index contributed by atoms with van der Waals surface area (Å²) in [7, 11) is 0. The summed E-state index contributed by atoms with van der Waals surface area (Å²) < 4.78 is 12.8. The third-order valence-corrected chi connectivity index (χ3v) is 4.12. The van der Waals surface area contributed by atoms with Crippen LogP contribution < -0.4 is 0 Å². The fourth-order valence-corrected chi connectivity index (χ4v) is 2.79. The van der Waals surface area contributed by atoms with Crippen molar-refractivity contribution in [3.8, 4) is 11.4 Å². The van der Waals surface area contributed by atoms with Gasteiger partial charge in [-0.25, -0.2) is 9.37 Å². The van der Waals surface area contributed by atoms with E-state index in [-0.39, 0.29) is 5.82 Å². The van der Waals surface area contributed by atoms with Crippen molar-refractivity contribution in [3.63, 3.8) is 0 Å². The van der Waals surface area contributed by atoms with E-state index in [0.717, 1.165) is 11.1 Å². The lowest BCUT2D eigenvalue weighted by Crippen LogP contribution is -1.83. The van der Waals surface area contributed by atoms with Gasteiger partial charge in [-0.1, -0.05) is 47.6 Å². The van der Waals surface area contributed by atoms with Crippen LogP contribution in [0.2, 0.25) is 5.02 Å². The van der Waals surface area contributed by atoms with Gasteiger partial charge in [0, 0.05) is 11.3 Å². The van der Waals surface area contributed by atoms with Crippen LogP contribution in [-0.2, 0) is 5.75 Å². The standard InChI is InChI=1S/C15H11ClFN3S/c16-13-4-2-1-3-12(13)14-18-15(20-19-14)21-9-10-5-7-11(17)8-6-10/h1-8H,9H2,(H,18,19,20). The maximum Gasteiger partial charge on any atom is 0.209 e. The second-order valence-corrected chi connectivity index (χ2v) is 5.71. The summed E-state index contributed by atoms with van der Waals surface area (Å²) in [4.78, 5) is 4.41. The summed E-state index contributed by atoms with van der Waals surface area (Å²) in [6.45, 7) is 0. The van der Waals surface area contributed by atoms with E-state index in [1.54, 1.807) is 12.1 Å². The molecule has 0 amide bonds. The number of aromatic nitrogens is 3. The second kappa shape index (κ2) is 6.28. The predicted molar refractivity (Wildman–Crippen MR) is 82.8 cm³/mol. The monoisotopic (exact) mass is 319 g/mol. The minimum absolute atomic E-state index is 0.234. The smallest absolute Gasteiger partial charge is 0.209 e. The molecule has 0 bridgehead atoms. The van der Waals surface area contributed by atoms with Crippen molar-refractivity contribution in [3.05, 3.63) is 64.9 Å². The van der Waals surface area contributed by atoms with Gasteiger partial charge in [0.2, 0.25) is 5.16 Å². The van der Waals surface area contributed by atoms with E-state index in [2.05, 4.69) is 15.2 Å². The number of hydrogen-bond donors (Lipinski definition) is 1. The molecule has 6 heteroatoms. The molecule has 3 aromatic rings. The molecule has 1 N–H and O–H groups in total. The Labute approximate surface area is 130 Å². The Balaban J connectivity index is 1.71. The van der Waals surface area contributed by atoms with Crippen LogP contribution in [0, 0.1) is 5.82 Å². The second-order valence-electron chi connectivity index (χ2n) is 4.36. The molecule has 21 heavy (non-hydrogen) atoms. The quantitative estimate of drug-likeness (QED) is 0.717. The van der Waals surface area contributed by atoms with Crippen molar-refractivity contribution in [2.24, 2.45) is 0 Å². The molecule has 0 unspecified atom stereocenters. The molecule has 3 nitrogen and oxygen atoms in total. The Hall–Kier alpha value is -1.85. The van der Waals surface area contributed by atoms with E-state index >= 15 is 0 Å². The molecule has 106 valence electrons. The molecule has 3 rings (SSSR count). The van der Waals surface area contributed by atoms with Gasteiger partial charge >= 0.3 is 0 Å². The Morgan fingerprint density at radius 2 is 1.86 bits per heavy atom. The van der Waals surface area contributed by atoms with Crippen LogP contribution in [0.3, 0.4) is 0 Å². The molecule has 0 aliphatic carbocycles. The molecule has 0 radical (unpaired) electrons. The maximum absolute atomic E-state index is 12.8. The highest BCUT2D eigenvalue weighted by atomic mass is 35.5. The van der Waals surface area contributed by atoms with Crippen molar-refractivity contribution in [1.29, 1.82) is 0 Å². The van der Waals surface area contributed by atoms with Crippen LogP contribution in [-0.4, -0.2) is 15.2 Å². The van der Waals surface area contributed by atoms with E-state index in [1.165, 1.54) is 23.9 Å². The van der Waals surface area contributed by atoms with Crippen molar-refractivity contribution >= 4 is 23.4 Å². The minimum Gasteiger partial charge on any atom is -0.258 e. The highest BCUT2D eigenvalue weighted by molar-refractivity contribution is 7.98. The third kappa shape index (κ3) is 3.43. The Kier molecular flexibility index (Phi) is 4.22. The number of thioether (sulfide) groups is 1. The normalized spacial score (nSPS) is 10.8. The summed E-state index contributed by atoms with van der Waals surface area (Å²) in [6.07, 6.45) is 0. The van der Waals surface area contributed by atoms with Gasteiger partial charge in [-0.2, -0.15) is 0 Å². The van der Waals surface area contributed by atoms with E-state index in [1.807, 2.05) is 24.3 Å². The molecular weight excluding hydrogens is 309 g/mol. The van der Waals surface area contributed by atoms with Crippen LogP contribution in [0.25, 0.3) is 11.4 Å². The van der Waals surface area contributed by atoms with Gasteiger partial charge in [-0.15, -0.1) is 5.10 Å². The fourth-order valence-electron chi connectivity index (χ4n) is 1.81. The molecule has 0 aliphatic rings. The van der Waals surface area contributed by atoms with Crippen molar-refractivity contribution in [2.75, 3.05) is 0 Å². The molecule has 0 fully saturated rings. The molecule has 0 saturated heterocycles. The zero-order valence-corrected chi connectivity index (χ0v) is 12.5. The number of rotatable bonds is 4. The Morgan fingerprint density at radius 1 is 1.10 bits per heavy atom. The minimum atomic E-state index is -0.234. The molecule has 1 aromatic heterocycles. The number of hydrogen-bond acceptors (Lipinski definition) is 3. The molecule has 0 aliphatic heterocycles. The third-order valence-electron chi connectivity index (χ3n) is 2.88. The van der Waals surface area contributed by atoms with Crippen LogP contribution in [0.1, 0.15) is 5.56 Å². The van der Waals surface area contributed by atoms with Gasteiger partial charge in [0.15, 0.2) is 5.82 Å². The first-order valence-corrected chi connectivity index (χ1v) is 7.63. The molecule has 0 atom stereocenters. The number of benzene rings is 2. The zero-order valence-electron chi connectivity index (χ0n) is 10.9.